The third-order valence-electron chi connectivity index (χ3n) is 3.43. The number of imidazole rings is 1. The average molecular weight is 257 g/mol. The highest BCUT2D eigenvalue weighted by atomic mass is 15.0. The van der Waals surface area contributed by atoms with Crippen LogP contribution in [0, 0.1) is 0 Å². The Morgan fingerprint density at radius 2 is 2.00 bits per heavy atom. The molecular weight excluding hydrogens is 234 g/mol. The van der Waals surface area contributed by atoms with E-state index in [0.717, 1.165) is 12.2 Å². The second kappa shape index (κ2) is 7.10. The number of hydrogen-bond donors (Lipinski definition) is 1. The number of benzene rings is 1. The van der Waals surface area contributed by atoms with Crippen molar-refractivity contribution in [2.24, 2.45) is 0 Å². The maximum Gasteiger partial charge on any atom is 0.0991 e. The molecule has 0 fully saturated rings. The van der Waals surface area contributed by atoms with Gasteiger partial charge in [-0.05, 0) is 37.6 Å². The fourth-order valence-corrected chi connectivity index (χ4v) is 2.16. The molecule has 0 aliphatic rings. The number of nitrogens with zero attached hydrogens (tertiary/aromatic N) is 2. The van der Waals surface area contributed by atoms with E-state index in [1.54, 1.807) is 6.20 Å². The maximum absolute atomic E-state index is 4.06. The first-order valence-electron chi connectivity index (χ1n) is 7.13. The lowest BCUT2D eigenvalue weighted by molar-refractivity contribution is 0.544. The van der Waals surface area contributed by atoms with Crippen molar-refractivity contribution in [1.29, 1.82) is 0 Å². The monoisotopic (exact) mass is 257 g/mol. The summed E-state index contributed by atoms with van der Waals surface area (Å²) in [6.07, 6.45) is 9.41. The summed E-state index contributed by atoms with van der Waals surface area (Å²) in [6, 6.07) is 9.07. The average Bonchev–Trinajstić information content (AvgIpc) is 2.98. The lowest BCUT2D eigenvalue weighted by atomic mass is 10.1. The Hall–Kier alpha value is -1.61. The Labute approximate surface area is 115 Å². The molecule has 3 nitrogen and oxygen atoms in total. The van der Waals surface area contributed by atoms with Gasteiger partial charge < -0.3 is 9.88 Å². The van der Waals surface area contributed by atoms with E-state index >= 15 is 0 Å². The van der Waals surface area contributed by atoms with Crippen LogP contribution in [0.15, 0.2) is 43.0 Å². The van der Waals surface area contributed by atoms with Crippen LogP contribution in [0.4, 0.5) is 0 Å². The minimum Gasteiger partial charge on any atom is -0.310 e. The smallest absolute Gasteiger partial charge is 0.0991 e. The molecule has 0 saturated heterocycles. The molecule has 2 rings (SSSR count). The Kier molecular flexibility index (Phi) is 5.16. The van der Waals surface area contributed by atoms with Crippen LogP contribution in [0.2, 0.25) is 0 Å². The van der Waals surface area contributed by atoms with Crippen molar-refractivity contribution < 1.29 is 0 Å². The van der Waals surface area contributed by atoms with Crippen LogP contribution in [-0.4, -0.2) is 16.1 Å². The minimum absolute atomic E-state index is 0.411. The molecule has 0 aliphatic heterocycles. The SMILES string of the molecule is CCCCCNC(C)c1ccc(-n2ccnc2)cc1. The van der Waals surface area contributed by atoms with E-state index in [1.165, 1.54) is 24.8 Å². The van der Waals surface area contributed by atoms with Gasteiger partial charge in [-0.2, -0.15) is 0 Å². The van der Waals surface area contributed by atoms with Crippen molar-refractivity contribution in [3.05, 3.63) is 48.5 Å². The molecule has 0 saturated carbocycles. The summed E-state index contributed by atoms with van der Waals surface area (Å²) in [6.45, 7) is 5.55. The standard InChI is InChI=1S/C16H23N3/c1-3-4-5-10-18-14(2)15-6-8-16(9-7-15)19-12-11-17-13-19/h6-9,11-14,18H,3-5,10H2,1-2H3. The zero-order chi connectivity index (χ0) is 13.5. The first-order chi connectivity index (χ1) is 9.31. The topological polar surface area (TPSA) is 29.9 Å². The van der Waals surface area contributed by atoms with E-state index in [-0.39, 0.29) is 0 Å². The van der Waals surface area contributed by atoms with Crippen LogP contribution in [0.3, 0.4) is 0 Å². The lowest BCUT2D eigenvalue weighted by Crippen LogP contribution is -2.19. The first kappa shape index (κ1) is 13.8. The molecule has 1 N–H and O–H groups in total. The molecule has 1 aromatic carbocycles. The Morgan fingerprint density at radius 1 is 1.21 bits per heavy atom. The summed E-state index contributed by atoms with van der Waals surface area (Å²) >= 11 is 0. The number of rotatable bonds is 7. The van der Waals surface area contributed by atoms with Crippen molar-refractivity contribution >= 4 is 0 Å². The van der Waals surface area contributed by atoms with Crippen molar-refractivity contribution in [3.8, 4) is 5.69 Å². The predicted molar refractivity (Wildman–Crippen MR) is 79.5 cm³/mol. The number of nitrogens with one attached hydrogen (secondary N) is 1. The molecule has 1 heterocycles. The van der Waals surface area contributed by atoms with Crippen molar-refractivity contribution in [2.75, 3.05) is 6.54 Å². The van der Waals surface area contributed by atoms with Crippen LogP contribution < -0.4 is 5.32 Å². The van der Waals surface area contributed by atoms with Crippen molar-refractivity contribution in [2.45, 2.75) is 39.2 Å². The van der Waals surface area contributed by atoms with Gasteiger partial charge >= 0.3 is 0 Å². The molecular formula is C16H23N3. The zero-order valence-corrected chi connectivity index (χ0v) is 11.8. The van der Waals surface area contributed by atoms with Crippen LogP contribution in [0.5, 0.6) is 0 Å². The molecule has 19 heavy (non-hydrogen) atoms. The normalized spacial score (nSPS) is 12.5. The van der Waals surface area contributed by atoms with Crippen molar-refractivity contribution in [3.63, 3.8) is 0 Å². The Bertz CT molecular complexity index is 459. The van der Waals surface area contributed by atoms with E-state index in [1.807, 2.05) is 17.1 Å². The fraction of sp³-hybridized carbons (Fsp3) is 0.438. The van der Waals surface area contributed by atoms with Crippen molar-refractivity contribution in [1.82, 2.24) is 14.9 Å². The van der Waals surface area contributed by atoms with E-state index in [9.17, 15) is 0 Å². The van der Waals surface area contributed by atoms with Gasteiger partial charge in [0.05, 0.1) is 6.33 Å². The molecule has 1 unspecified atom stereocenters. The van der Waals surface area contributed by atoms with Gasteiger partial charge in [-0.25, -0.2) is 4.98 Å². The molecule has 0 spiro atoms. The minimum atomic E-state index is 0.411. The highest BCUT2D eigenvalue weighted by Crippen LogP contribution is 2.15. The highest BCUT2D eigenvalue weighted by Gasteiger charge is 2.04. The third-order valence-corrected chi connectivity index (χ3v) is 3.43. The van der Waals surface area contributed by atoms with Gasteiger partial charge in [0.1, 0.15) is 0 Å². The van der Waals surface area contributed by atoms with E-state index < -0.39 is 0 Å². The van der Waals surface area contributed by atoms with Gasteiger partial charge in [-0.1, -0.05) is 31.9 Å². The fourth-order valence-electron chi connectivity index (χ4n) is 2.16. The number of aromatic nitrogens is 2. The van der Waals surface area contributed by atoms with Gasteiger partial charge in [0.25, 0.3) is 0 Å². The Balaban J connectivity index is 1.90. The van der Waals surface area contributed by atoms with Crippen LogP contribution >= 0.6 is 0 Å². The predicted octanol–water partition coefficient (Wildman–Crippen LogP) is 3.71. The molecule has 0 aliphatic carbocycles. The molecule has 2 aromatic rings. The molecule has 0 bridgehead atoms. The molecule has 0 radical (unpaired) electrons. The first-order valence-corrected chi connectivity index (χ1v) is 7.13. The summed E-state index contributed by atoms with van der Waals surface area (Å²) in [4.78, 5) is 4.06. The van der Waals surface area contributed by atoms with E-state index in [0.29, 0.717) is 6.04 Å². The van der Waals surface area contributed by atoms with Gasteiger partial charge in [0.2, 0.25) is 0 Å². The summed E-state index contributed by atoms with van der Waals surface area (Å²) in [5.74, 6) is 0. The summed E-state index contributed by atoms with van der Waals surface area (Å²) in [7, 11) is 0. The molecule has 1 atom stereocenters. The highest BCUT2D eigenvalue weighted by molar-refractivity contribution is 5.35. The van der Waals surface area contributed by atoms with Crippen LogP contribution in [0.25, 0.3) is 5.69 Å². The largest absolute Gasteiger partial charge is 0.310 e. The maximum atomic E-state index is 4.06. The van der Waals surface area contributed by atoms with Gasteiger partial charge in [-0.15, -0.1) is 0 Å². The second-order valence-corrected chi connectivity index (χ2v) is 4.94. The number of unbranched alkanes of at least 4 members (excludes halogenated alkanes) is 2. The zero-order valence-electron chi connectivity index (χ0n) is 11.8. The van der Waals surface area contributed by atoms with Gasteiger partial charge in [-0.3, -0.25) is 0 Å². The third kappa shape index (κ3) is 3.93. The second-order valence-electron chi connectivity index (χ2n) is 4.94. The summed E-state index contributed by atoms with van der Waals surface area (Å²) in [5, 5.41) is 3.57. The molecule has 0 amide bonds. The van der Waals surface area contributed by atoms with Crippen LogP contribution in [-0.2, 0) is 0 Å². The van der Waals surface area contributed by atoms with Gasteiger partial charge in [0.15, 0.2) is 0 Å². The summed E-state index contributed by atoms with van der Waals surface area (Å²) < 4.78 is 2.02. The van der Waals surface area contributed by atoms with Gasteiger partial charge in [0, 0.05) is 24.1 Å². The Morgan fingerprint density at radius 3 is 2.63 bits per heavy atom. The summed E-state index contributed by atoms with van der Waals surface area (Å²) in [5.41, 5.74) is 2.49. The number of hydrogen-bond acceptors (Lipinski definition) is 2. The molecule has 3 heteroatoms. The molecule has 1 aromatic heterocycles. The lowest BCUT2D eigenvalue weighted by Gasteiger charge is -2.14. The quantitative estimate of drug-likeness (QED) is 0.766. The van der Waals surface area contributed by atoms with E-state index in [4.69, 9.17) is 0 Å². The van der Waals surface area contributed by atoms with E-state index in [2.05, 4.69) is 48.4 Å². The molecule has 102 valence electrons. The van der Waals surface area contributed by atoms with Crippen LogP contribution in [0.1, 0.15) is 44.7 Å².